The summed E-state index contributed by atoms with van der Waals surface area (Å²) in [6, 6.07) is 3.95. The molecule has 0 aromatic carbocycles. The summed E-state index contributed by atoms with van der Waals surface area (Å²) in [5, 5.41) is 0. The zero-order valence-electron chi connectivity index (χ0n) is 8.75. The second-order valence-corrected chi connectivity index (χ2v) is 4.21. The minimum absolute atomic E-state index is 0.637. The van der Waals surface area contributed by atoms with Crippen molar-refractivity contribution >= 4 is 11.9 Å². The number of nitrogen functional groups attached to an aromatic ring is 1. The summed E-state index contributed by atoms with van der Waals surface area (Å²) in [5.41, 5.74) is 9.42. The lowest BCUT2D eigenvalue weighted by atomic mass is 10.1. The molecule has 1 aliphatic carbocycles. The first-order chi connectivity index (χ1) is 6.66. The van der Waals surface area contributed by atoms with Gasteiger partial charge in [-0.15, -0.1) is 0 Å². The average Bonchev–Trinajstić information content (AvgIpc) is 2.90. The van der Waals surface area contributed by atoms with Crippen molar-refractivity contribution in [2.45, 2.75) is 32.6 Å². The number of nitrogens with zero attached hydrogens (tertiary/aromatic N) is 1. The van der Waals surface area contributed by atoms with Crippen molar-refractivity contribution < 1.29 is 0 Å². The van der Waals surface area contributed by atoms with Crippen molar-refractivity contribution in [3.05, 3.63) is 29.0 Å². The maximum atomic E-state index is 5.69. The number of aromatic nitrogens is 1. The van der Waals surface area contributed by atoms with Crippen LogP contribution in [0.1, 0.15) is 43.9 Å². The Morgan fingerprint density at radius 2 is 2.14 bits per heavy atom. The maximum Gasteiger partial charge on any atom is 0.123 e. The highest BCUT2D eigenvalue weighted by Gasteiger charge is 2.27. The Hall–Kier alpha value is -1.31. The Labute approximate surface area is 84.9 Å². The first-order valence-electron chi connectivity index (χ1n) is 5.08. The highest BCUT2D eigenvalue weighted by atomic mass is 14.8. The minimum atomic E-state index is 0.637. The smallest absolute Gasteiger partial charge is 0.123 e. The topological polar surface area (TPSA) is 38.9 Å². The van der Waals surface area contributed by atoms with Gasteiger partial charge in [-0.05, 0) is 44.4 Å². The van der Waals surface area contributed by atoms with E-state index >= 15 is 0 Å². The Morgan fingerprint density at radius 1 is 1.43 bits per heavy atom. The van der Waals surface area contributed by atoms with Crippen molar-refractivity contribution in [1.82, 2.24) is 4.98 Å². The number of pyridine rings is 1. The highest BCUT2D eigenvalue weighted by molar-refractivity contribution is 5.57. The number of anilines is 1. The highest BCUT2D eigenvalue weighted by Crippen LogP contribution is 2.41. The fraction of sp³-hybridized carbons (Fsp3) is 0.417. The van der Waals surface area contributed by atoms with Crippen LogP contribution in [0.4, 0.5) is 5.82 Å². The van der Waals surface area contributed by atoms with Crippen molar-refractivity contribution in [2.75, 3.05) is 5.73 Å². The fourth-order valence-electron chi connectivity index (χ4n) is 1.62. The SMILES string of the molecule is CC(C)=Cc1ccc(N)nc1C1CC1. The van der Waals surface area contributed by atoms with Gasteiger partial charge in [0.1, 0.15) is 5.82 Å². The van der Waals surface area contributed by atoms with Crippen molar-refractivity contribution in [3.8, 4) is 0 Å². The quantitative estimate of drug-likeness (QED) is 0.775. The van der Waals surface area contributed by atoms with Gasteiger partial charge in [-0.3, -0.25) is 0 Å². The monoisotopic (exact) mass is 188 g/mol. The van der Waals surface area contributed by atoms with E-state index in [2.05, 4.69) is 31.0 Å². The van der Waals surface area contributed by atoms with Crippen molar-refractivity contribution in [2.24, 2.45) is 0 Å². The Balaban J connectivity index is 2.42. The first kappa shape index (κ1) is 9.25. The molecule has 0 bridgehead atoms. The Morgan fingerprint density at radius 3 is 2.71 bits per heavy atom. The van der Waals surface area contributed by atoms with E-state index in [1.807, 2.05) is 6.07 Å². The standard InChI is InChI=1S/C12H16N2/c1-8(2)7-10-5-6-11(13)14-12(10)9-3-4-9/h5-7,9H,3-4H2,1-2H3,(H2,13,14). The number of rotatable bonds is 2. The zero-order chi connectivity index (χ0) is 10.1. The summed E-state index contributed by atoms with van der Waals surface area (Å²) in [6.45, 7) is 4.21. The van der Waals surface area contributed by atoms with Gasteiger partial charge < -0.3 is 5.73 Å². The lowest BCUT2D eigenvalue weighted by molar-refractivity contribution is 1.02. The maximum absolute atomic E-state index is 5.69. The molecule has 1 aromatic heterocycles. The summed E-state index contributed by atoms with van der Waals surface area (Å²) in [5.74, 6) is 1.29. The van der Waals surface area contributed by atoms with E-state index in [-0.39, 0.29) is 0 Å². The molecule has 14 heavy (non-hydrogen) atoms. The first-order valence-corrected chi connectivity index (χ1v) is 5.08. The van der Waals surface area contributed by atoms with Crippen molar-refractivity contribution in [3.63, 3.8) is 0 Å². The van der Waals surface area contributed by atoms with E-state index in [4.69, 9.17) is 5.73 Å². The van der Waals surface area contributed by atoms with E-state index in [1.165, 1.54) is 29.7 Å². The van der Waals surface area contributed by atoms with Gasteiger partial charge in [0, 0.05) is 5.92 Å². The predicted molar refractivity (Wildman–Crippen MR) is 59.9 cm³/mol. The van der Waals surface area contributed by atoms with Gasteiger partial charge >= 0.3 is 0 Å². The molecule has 74 valence electrons. The number of allylic oxidation sites excluding steroid dienone is 1. The lowest BCUT2D eigenvalue weighted by Crippen LogP contribution is -1.97. The Kier molecular flexibility index (Phi) is 2.28. The minimum Gasteiger partial charge on any atom is -0.384 e. The van der Waals surface area contributed by atoms with Crippen LogP contribution in [0.5, 0.6) is 0 Å². The molecule has 2 nitrogen and oxygen atoms in total. The third-order valence-electron chi connectivity index (χ3n) is 2.39. The molecule has 0 spiro atoms. The van der Waals surface area contributed by atoms with E-state index in [0.29, 0.717) is 11.7 Å². The molecule has 0 aliphatic heterocycles. The van der Waals surface area contributed by atoms with Gasteiger partial charge in [0.05, 0.1) is 5.69 Å². The van der Waals surface area contributed by atoms with E-state index < -0.39 is 0 Å². The zero-order valence-corrected chi connectivity index (χ0v) is 8.75. The van der Waals surface area contributed by atoms with Crippen LogP contribution in [-0.2, 0) is 0 Å². The van der Waals surface area contributed by atoms with Gasteiger partial charge in [0.2, 0.25) is 0 Å². The van der Waals surface area contributed by atoms with E-state index in [9.17, 15) is 0 Å². The van der Waals surface area contributed by atoms with Crippen LogP contribution in [0.25, 0.3) is 6.08 Å². The van der Waals surface area contributed by atoms with Crippen LogP contribution in [0.3, 0.4) is 0 Å². The molecular formula is C12H16N2. The number of nitrogens with two attached hydrogens (primary N) is 1. The van der Waals surface area contributed by atoms with E-state index in [0.717, 1.165) is 0 Å². The molecule has 0 saturated heterocycles. The summed E-state index contributed by atoms with van der Waals surface area (Å²) in [6.07, 6.45) is 4.71. The van der Waals surface area contributed by atoms with Crippen LogP contribution >= 0.6 is 0 Å². The summed E-state index contributed by atoms with van der Waals surface area (Å²) >= 11 is 0. The molecule has 0 unspecified atom stereocenters. The molecule has 1 aliphatic rings. The van der Waals surface area contributed by atoms with E-state index in [1.54, 1.807) is 0 Å². The van der Waals surface area contributed by atoms with Gasteiger partial charge in [-0.2, -0.15) is 0 Å². The van der Waals surface area contributed by atoms with Crippen LogP contribution in [0.15, 0.2) is 17.7 Å². The normalized spacial score (nSPS) is 15.3. The van der Waals surface area contributed by atoms with Crippen LogP contribution in [0.2, 0.25) is 0 Å². The Bertz CT molecular complexity index is 372. The molecular weight excluding hydrogens is 172 g/mol. The van der Waals surface area contributed by atoms with Crippen LogP contribution in [0, 0.1) is 0 Å². The second-order valence-electron chi connectivity index (χ2n) is 4.21. The van der Waals surface area contributed by atoms with Gasteiger partial charge in [-0.1, -0.05) is 11.6 Å². The molecule has 2 rings (SSSR count). The fourth-order valence-corrected chi connectivity index (χ4v) is 1.62. The van der Waals surface area contributed by atoms with Gasteiger partial charge in [0.25, 0.3) is 0 Å². The molecule has 1 fully saturated rings. The third kappa shape index (κ3) is 1.95. The largest absolute Gasteiger partial charge is 0.384 e. The summed E-state index contributed by atoms with van der Waals surface area (Å²) < 4.78 is 0. The van der Waals surface area contributed by atoms with Gasteiger partial charge in [-0.25, -0.2) is 4.98 Å². The van der Waals surface area contributed by atoms with Gasteiger partial charge in [0.15, 0.2) is 0 Å². The number of hydrogen-bond donors (Lipinski definition) is 1. The van der Waals surface area contributed by atoms with Crippen LogP contribution < -0.4 is 5.73 Å². The molecule has 1 heterocycles. The summed E-state index contributed by atoms with van der Waals surface area (Å²) in [7, 11) is 0. The predicted octanol–water partition coefficient (Wildman–Crippen LogP) is 2.96. The molecule has 1 saturated carbocycles. The molecule has 0 amide bonds. The lowest BCUT2D eigenvalue weighted by Gasteiger charge is -2.05. The van der Waals surface area contributed by atoms with Crippen molar-refractivity contribution in [1.29, 1.82) is 0 Å². The number of hydrogen-bond acceptors (Lipinski definition) is 2. The third-order valence-corrected chi connectivity index (χ3v) is 2.39. The molecule has 2 N–H and O–H groups in total. The second kappa shape index (κ2) is 3.45. The molecule has 1 aromatic rings. The average molecular weight is 188 g/mol. The summed E-state index contributed by atoms with van der Waals surface area (Å²) in [4.78, 5) is 4.42. The molecule has 0 atom stereocenters. The molecule has 0 radical (unpaired) electrons. The molecule has 2 heteroatoms. The van der Waals surface area contributed by atoms with Crippen LogP contribution in [-0.4, -0.2) is 4.98 Å².